The fourth-order valence-corrected chi connectivity index (χ4v) is 5.70. The first-order valence-corrected chi connectivity index (χ1v) is 16.1. The summed E-state index contributed by atoms with van der Waals surface area (Å²) < 4.78 is 5.86. The fourth-order valence-electron chi connectivity index (χ4n) is 5.70. The van der Waals surface area contributed by atoms with Crippen LogP contribution in [0.4, 0.5) is 23.5 Å². The molecule has 2 fully saturated rings. The summed E-state index contributed by atoms with van der Waals surface area (Å²) in [5.74, 6) is 1.23. The zero-order valence-corrected chi connectivity index (χ0v) is 26.4. The summed E-state index contributed by atoms with van der Waals surface area (Å²) in [6, 6.07) is 7.47. The smallest absolute Gasteiger partial charge is 0.306 e. The number of aromatic nitrogens is 5. The lowest BCUT2D eigenvalue weighted by molar-refractivity contribution is -0.142. The van der Waals surface area contributed by atoms with Crippen molar-refractivity contribution in [2.45, 2.75) is 45.1 Å². The van der Waals surface area contributed by atoms with Gasteiger partial charge in [0.15, 0.2) is 0 Å². The molecule has 5 rings (SSSR count). The number of piperidine rings is 1. The third-order valence-corrected chi connectivity index (χ3v) is 8.32. The number of piperazine rings is 1. The number of benzene rings is 1. The van der Waals surface area contributed by atoms with E-state index in [1.807, 2.05) is 30.0 Å². The second kappa shape index (κ2) is 16.1. The van der Waals surface area contributed by atoms with Gasteiger partial charge in [0.1, 0.15) is 5.75 Å². The lowest BCUT2D eigenvalue weighted by Crippen LogP contribution is -2.47. The van der Waals surface area contributed by atoms with Gasteiger partial charge >= 0.3 is 5.97 Å². The van der Waals surface area contributed by atoms with E-state index in [9.17, 15) is 14.7 Å². The second-order valence-electron chi connectivity index (χ2n) is 11.5. The number of anilines is 4. The van der Waals surface area contributed by atoms with E-state index in [1.54, 1.807) is 12.5 Å². The average molecular weight is 636 g/mol. The van der Waals surface area contributed by atoms with Crippen LogP contribution in [0.2, 0.25) is 0 Å². The maximum absolute atomic E-state index is 12.3. The summed E-state index contributed by atoms with van der Waals surface area (Å²) >= 11 is 0. The molecular formula is C31H45N11O4. The summed E-state index contributed by atoms with van der Waals surface area (Å²) in [6.45, 7) is 7.90. The first-order valence-electron chi connectivity index (χ1n) is 16.1. The normalized spacial score (nSPS) is 16.3. The molecule has 0 radical (unpaired) electrons. The molecule has 1 atom stereocenters. The highest BCUT2D eigenvalue weighted by Crippen LogP contribution is 2.30. The Kier molecular flexibility index (Phi) is 11.4. The van der Waals surface area contributed by atoms with Crippen LogP contribution in [0.15, 0.2) is 36.8 Å². The molecule has 2 aliphatic heterocycles. The van der Waals surface area contributed by atoms with Gasteiger partial charge in [-0.2, -0.15) is 15.0 Å². The number of nitrogens with zero attached hydrogens (tertiary/aromatic N) is 7. The molecular weight excluding hydrogens is 590 g/mol. The van der Waals surface area contributed by atoms with Crippen molar-refractivity contribution in [1.82, 2.24) is 30.2 Å². The van der Waals surface area contributed by atoms with E-state index < -0.39 is 12.0 Å². The van der Waals surface area contributed by atoms with Crippen LogP contribution in [-0.2, 0) is 16.0 Å². The third kappa shape index (κ3) is 8.74. The minimum absolute atomic E-state index is 0.192. The van der Waals surface area contributed by atoms with Crippen molar-refractivity contribution in [3.63, 3.8) is 0 Å². The van der Waals surface area contributed by atoms with Gasteiger partial charge in [-0.05, 0) is 44.7 Å². The first-order chi connectivity index (χ1) is 22.4. The van der Waals surface area contributed by atoms with Gasteiger partial charge in [0.05, 0.1) is 30.6 Å². The standard InChI is InChI=1S/C31H45N11O4/c1-2-46-26-8-4-3-7-25(26)40-15-17-42(18-16-40)31-38-29(37-30(39-31)41-13-9-22(10-14-41)28(44)45)35-12-6-5-11-34-27(43)24(32)19-23-20-33-21-36-23/h3-4,7-8,20-22,24H,2,5-6,9-19,32H2,1H3,(H,33,36)(H,34,43)(H,44,45)(H,35,37,38,39)/t24-/m0/s1. The Labute approximate surface area is 269 Å². The highest BCUT2D eigenvalue weighted by atomic mass is 16.5. The summed E-state index contributed by atoms with van der Waals surface area (Å²) in [5.41, 5.74) is 7.92. The molecule has 0 bridgehead atoms. The Morgan fingerprint density at radius 3 is 2.35 bits per heavy atom. The van der Waals surface area contributed by atoms with E-state index in [2.05, 4.69) is 36.5 Å². The quantitative estimate of drug-likeness (QED) is 0.151. The molecule has 0 unspecified atom stereocenters. The molecule has 6 N–H and O–H groups in total. The van der Waals surface area contributed by atoms with Crippen molar-refractivity contribution in [3.05, 3.63) is 42.5 Å². The van der Waals surface area contributed by atoms with Gasteiger partial charge in [-0.3, -0.25) is 9.59 Å². The zero-order chi connectivity index (χ0) is 32.3. The van der Waals surface area contributed by atoms with Gasteiger partial charge in [0, 0.05) is 70.7 Å². The molecule has 2 saturated heterocycles. The Morgan fingerprint density at radius 1 is 1.00 bits per heavy atom. The van der Waals surface area contributed by atoms with Crippen LogP contribution in [0.3, 0.4) is 0 Å². The molecule has 0 saturated carbocycles. The minimum atomic E-state index is -0.752. The number of hydrogen-bond donors (Lipinski definition) is 5. The van der Waals surface area contributed by atoms with Crippen LogP contribution < -0.4 is 35.8 Å². The molecule has 2 aliphatic rings. The topological polar surface area (TPSA) is 191 Å². The number of carbonyl (C=O) groups excluding carboxylic acids is 1. The van der Waals surface area contributed by atoms with E-state index in [4.69, 9.17) is 25.4 Å². The van der Waals surface area contributed by atoms with Gasteiger partial charge in [0.2, 0.25) is 23.8 Å². The van der Waals surface area contributed by atoms with Crippen LogP contribution in [0.5, 0.6) is 5.75 Å². The zero-order valence-electron chi connectivity index (χ0n) is 26.4. The molecule has 15 heteroatoms. The van der Waals surface area contributed by atoms with E-state index >= 15 is 0 Å². The van der Waals surface area contributed by atoms with E-state index in [1.165, 1.54) is 0 Å². The number of carboxylic acids is 1. The number of aromatic amines is 1. The summed E-state index contributed by atoms with van der Waals surface area (Å²) in [7, 11) is 0. The molecule has 1 amide bonds. The van der Waals surface area contributed by atoms with E-state index in [0.29, 0.717) is 69.9 Å². The number of nitrogens with one attached hydrogen (secondary N) is 3. The average Bonchev–Trinajstić information content (AvgIpc) is 3.59. The number of unbranched alkanes of at least 4 members (excludes halogenated alkanes) is 1. The van der Waals surface area contributed by atoms with Gasteiger partial charge < -0.3 is 45.9 Å². The number of carbonyl (C=O) groups is 2. The first kappa shape index (κ1) is 32.7. The van der Waals surface area contributed by atoms with Crippen molar-refractivity contribution < 1.29 is 19.4 Å². The lowest BCUT2D eigenvalue weighted by atomic mass is 9.97. The Balaban J connectivity index is 1.17. The Morgan fingerprint density at radius 2 is 1.67 bits per heavy atom. The number of hydrogen-bond acceptors (Lipinski definition) is 12. The number of para-hydroxylation sites is 2. The SMILES string of the molecule is CCOc1ccccc1N1CCN(c2nc(NCCCCNC(=O)[C@@H](N)Cc3cnc[nH]3)nc(N3CCC(C(=O)O)CC3)n2)CC1. The van der Waals surface area contributed by atoms with Gasteiger partial charge in [-0.1, -0.05) is 12.1 Å². The second-order valence-corrected chi connectivity index (χ2v) is 11.5. The molecule has 15 nitrogen and oxygen atoms in total. The lowest BCUT2D eigenvalue weighted by Gasteiger charge is -2.37. The predicted molar refractivity (Wildman–Crippen MR) is 175 cm³/mol. The Hall–Kier alpha value is -4.66. The summed E-state index contributed by atoms with van der Waals surface area (Å²) in [5, 5.41) is 15.7. The van der Waals surface area contributed by atoms with Crippen molar-refractivity contribution >= 4 is 35.4 Å². The number of amides is 1. The molecule has 46 heavy (non-hydrogen) atoms. The number of aliphatic carboxylic acids is 1. The number of ether oxygens (including phenoxy) is 1. The van der Waals surface area contributed by atoms with Crippen LogP contribution in [-0.4, -0.2) is 107 Å². The monoisotopic (exact) mass is 635 g/mol. The van der Waals surface area contributed by atoms with E-state index in [-0.39, 0.29) is 11.8 Å². The maximum atomic E-state index is 12.3. The summed E-state index contributed by atoms with van der Waals surface area (Å²) in [6.07, 6.45) is 6.28. The van der Waals surface area contributed by atoms with Gasteiger partial charge in [0.25, 0.3) is 0 Å². The number of carboxylic acid groups (broad SMARTS) is 1. The largest absolute Gasteiger partial charge is 0.492 e. The fraction of sp³-hybridized carbons (Fsp3) is 0.548. The Bertz CT molecular complexity index is 1410. The van der Waals surface area contributed by atoms with Crippen molar-refractivity contribution in [3.8, 4) is 5.75 Å². The number of nitrogens with two attached hydrogens (primary N) is 1. The molecule has 4 heterocycles. The molecule has 0 spiro atoms. The molecule has 2 aromatic heterocycles. The number of rotatable bonds is 15. The van der Waals surface area contributed by atoms with Crippen LogP contribution in [0.25, 0.3) is 0 Å². The van der Waals surface area contributed by atoms with Crippen molar-refractivity contribution in [2.75, 3.05) is 79.0 Å². The van der Waals surface area contributed by atoms with Crippen molar-refractivity contribution in [1.29, 1.82) is 0 Å². The minimum Gasteiger partial charge on any atom is -0.492 e. The molecule has 248 valence electrons. The van der Waals surface area contributed by atoms with Gasteiger partial charge in [-0.25, -0.2) is 4.98 Å². The molecule has 1 aromatic carbocycles. The molecule has 0 aliphatic carbocycles. The van der Waals surface area contributed by atoms with Crippen LogP contribution in [0.1, 0.15) is 38.3 Å². The van der Waals surface area contributed by atoms with E-state index in [0.717, 1.165) is 56.2 Å². The molecule has 3 aromatic rings. The highest BCUT2D eigenvalue weighted by molar-refractivity contribution is 5.81. The maximum Gasteiger partial charge on any atom is 0.306 e. The third-order valence-electron chi connectivity index (χ3n) is 8.32. The predicted octanol–water partition coefficient (Wildman–Crippen LogP) is 1.50. The van der Waals surface area contributed by atoms with Gasteiger partial charge in [-0.15, -0.1) is 0 Å². The number of imidazole rings is 1. The van der Waals surface area contributed by atoms with Crippen LogP contribution in [0, 0.1) is 5.92 Å². The van der Waals surface area contributed by atoms with Crippen molar-refractivity contribution in [2.24, 2.45) is 11.7 Å². The van der Waals surface area contributed by atoms with Crippen LogP contribution >= 0.6 is 0 Å². The highest BCUT2D eigenvalue weighted by Gasteiger charge is 2.28. The summed E-state index contributed by atoms with van der Waals surface area (Å²) in [4.78, 5) is 51.6. The number of H-pyrrole nitrogens is 1.